The van der Waals surface area contributed by atoms with E-state index in [2.05, 4.69) is 10.6 Å². The molecule has 1 fully saturated rings. The molecule has 0 bridgehead atoms. The standard InChI is InChI=1S/C13H24N2O4/c1-5-18-11(16)6-9-7-14-8-10(9)15-12(17)19-13(2,3)4/h9-10,14H,5-8H2,1-4H3,(H,15,17)/t9-,10+/m1/s1. The molecule has 0 saturated carbocycles. The number of hydrogen-bond donors (Lipinski definition) is 2. The summed E-state index contributed by atoms with van der Waals surface area (Å²) in [5, 5.41) is 5.96. The molecule has 2 N–H and O–H groups in total. The molecule has 0 radical (unpaired) electrons. The summed E-state index contributed by atoms with van der Waals surface area (Å²) in [4.78, 5) is 23.2. The molecule has 0 unspecified atom stereocenters. The molecule has 110 valence electrons. The highest BCUT2D eigenvalue weighted by Crippen LogP contribution is 2.15. The van der Waals surface area contributed by atoms with Crippen molar-refractivity contribution in [2.24, 2.45) is 5.92 Å². The first-order chi connectivity index (χ1) is 8.81. The summed E-state index contributed by atoms with van der Waals surface area (Å²) in [7, 11) is 0. The predicted molar refractivity (Wildman–Crippen MR) is 70.8 cm³/mol. The Morgan fingerprint density at radius 2 is 2.00 bits per heavy atom. The van der Waals surface area contributed by atoms with Crippen LogP contribution in [0.4, 0.5) is 4.79 Å². The zero-order valence-corrected chi connectivity index (χ0v) is 12.1. The Bertz CT molecular complexity index is 325. The molecule has 0 spiro atoms. The minimum absolute atomic E-state index is 0.0477. The molecule has 0 aliphatic carbocycles. The van der Waals surface area contributed by atoms with Crippen molar-refractivity contribution in [3.8, 4) is 0 Å². The maximum atomic E-state index is 11.7. The van der Waals surface area contributed by atoms with Crippen molar-refractivity contribution in [1.82, 2.24) is 10.6 Å². The van der Waals surface area contributed by atoms with E-state index in [1.54, 1.807) is 6.92 Å². The van der Waals surface area contributed by atoms with Gasteiger partial charge in [-0.15, -0.1) is 0 Å². The molecule has 0 aromatic rings. The predicted octanol–water partition coefficient (Wildman–Crippen LogP) is 1.05. The molecule has 0 aromatic carbocycles. The van der Waals surface area contributed by atoms with Gasteiger partial charge in [0.05, 0.1) is 13.0 Å². The van der Waals surface area contributed by atoms with Gasteiger partial charge in [-0.2, -0.15) is 0 Å². The third kappa shape index (κ3) is 5.92. The molecule has 0 aromatic heterocycles. The summed E-state index contributed by atoms with van der Waals surface area (Å²) in [6, 6.07) is -0.0979. The lowest BCUT2D eigenvalue weighted by Crippen LogP contribution is -2.43. The second-order valence-electron chi connectivity index (χ2n) is 5.68. The number of carbonyl (C=O) groups is 2. The van der Waals surface area contributed by atoms with Crippen LogP contribution in [0, 0.1) is 5.92 Å². The van der Waals surface area contributed by atoms with Crippen LogP contribution in [0.1, 0.15) is 34.1 Å². The van der Waals surface area contributed by atoms with Crippen molar-refractivity contribution in [2.75, 3.05) is 19.7 Å². The van der Waals surface area contributed by atoms with Gasteiger partial charge in [-0.25, -0.2) is 4.79 Å². The molecule has 1 saturated heterocycles. The topological polar surface area (TPSA) is 76.7 Å². The minimum atomic E-state index is -0.521. The van der Waals surface area contributed by atoms with Gasteiger partial charge >= 0.3 is 12.1 Å². The first kappa shape index (κ1) is 15.8. The molecular weight excluding hydrogens is 248 g/mol. The van der Waals surface area contributed by atoms with Gasteiger partial charge in [0.1, 0.15) is 5.60 Å². The van der Waals surface area contributed by atoms with Crippen molar-refractivity contribution in [3.63, 3.8) is 0 Å². The van der Waals surface area contributed by atoms with Crippen LogP contribution >= 0.6 is 0 Å². The summed E-state index contributed by atoms with van der Waals surface area (Å²) < 4.78 is 10.1. The van der Waals surface area contributed by atoms with E-state index in [4.69, 9.17) is 9.47 Å². The highest BCUT2D eigenvalue weighted by molar-refractivity contribution is 5.71. The lowest BCUT2D eigenvalue weighted by Gasteiger charge is -2.23. The first-order valence-corrected chi connectivity index (χ1v) is 6.67. The Morgan fingerprint density at radius 3 is 2.58 bits per heavy atom. The fraction of sp³-hybridized carbons (Fsp3) is 0.846. The Kier molecular flexibility index (Phi) is 5.60. The van der Waals surface area contributed by atoms with Gasteiger partial charge in [0, 0.05) is 25.0 Å². The molecule has 1 aliphatic heterocycles. The van der Waals surface area contributed by atoms with Gasteiger partial charge in [-0.3, -0.25) is 4.79 Å². The number of rotatable bonds is 4. The third-order valence-electron chi connectivity index (χ3n) is 2.78. The molecule has 2 atom stereocenters. The number of alkyl carbamates (subject to hydrolysis) is 1. The van der Waals surface area contributed by atoms with Crippen LogP contribution in [0.5, 0.6) is 0 Å². The lowest BCUT2D eigenvalue weighted by atomic mass is 10.00. The van der Waals surface area contributed by atoms with Gasteiger partial charge < -0.3 is 20.1 Å². The highest BCUT2D eigenvalue weighted by atomic mass is 16.6. The summed E-state index contributed by atoms with van der Waals surface area (Å²) in [6.45, 7) is 8.94. The second kappa shape index (κ2) is 6.75. The van der Waals surface area contributed by atoms with E-state index in [0.717, 1.165) is 0 Å². The van der Waals surface area contributed by atoms with E-state index in [1.807, 2.05) is 20.8 Å². The van der Waals surface area contributed by atoms with Crippen molar-refractivity contribution in [1.29, 1.82) is 0 Å². The summed E-state index contributed by atoms with van der Waals surface area (Å²) in [6.07, 6.45) is -0.142. The molecular formula is C13H24N2O4. The Hall–Kier alpha value is -1.30. The maximum absolute atomic E-state index is 11.7. The number of hydrogen-bond acceptors (Lipinski definition) is 5. The van der Waals surface area contributed by atoms with Crippen LogP contribution in [0.15, 0.2) is 0 Å². The van der Waals surface area contributed by atoms with E-state index in [0.29, 0.717) is 26.1 Å². The normalized spacial score (nSPS) is 22.9. The van der Waals surface area contributed by atoms with E-state index < -0.39 is 11.7 Å². The van der Waals surface area contributed by atoms with Crippen LogP contribution < -0.4 is 10.6 Å². The van der Waals surface area contributed by atoms with Gasteiger partial charge in [-0.05, 0) is 27.7 Å². The zero-order chi connectivity index (χ0) is 14.5. The monoisotopic (exact) mass is 272 g/mol. The molecule has 6 heteroatoms. The average molecular weight is 272 g/mol. The Morgan fingerprint density at radius 1 is 1.32 bits per heavy atom. The quantitative estimate of drug-likeness (QED) is 0.748. The SMILES string of the molecule is CCOC(=O)C[C@@H]1CNC[C@@H]1NC(=O)OC(C)(C)C. The van der Waals surface area contributed by atoms with E-state index in [1.165, 1.54) is 0 Å². The fourth-order valence-corrected chi connectivity index (χ4v) is 2.01. The smallest absolute Gasteiger partial charge is 0.407 e. The van der Waals surface area contributed by atoms with Crippen molar-refractivity contribution >= 4 is 12.1 Å². The van der Waals surface area contributed by atoms with E-state index in [-0.39, 0.29) is 17.9 Å². The summed E-state index contributed by atoms with van der Waals surface area (Å²) in [5.74, 6) is -0.182. The molecule has 1 rings (SSSR count). The van der Waals surface area contributed by atoms with Gasteiger partial charge in [0.25, 0.3) is 0 Å². The van der Waals surface area contributed by atoms with Gasteiger partial charge in [0.2, 0.25) is 0 Å². The van der Waals surface area contributed by atoms with Crippen LogP contribution in [0.3, 0.4) is 0 Å². The van der Waals surface area contributed by atoms with Crippen LogP contribution in [-0.4, -0.2) is 43.4 Å². The van der Waals surface area contributed by atoms with Crippen molar-refractivity contribution in [2.45, 2.75) is 45.8 Å². The first-order valence-electron chi connectivity index (χ1n) is 6.67. The van der Waals surface area contributed by atoms with Crippen LogP contribution in [-0.2, 0) is 14.3 Å². The second-order valence-corrected chi connectivity index (χ2v) is 5.68. The van der Waals surface area contributed by atoms with Crippen molar-refractivity contribution < 1.29 is 19.1 Å². The highest BCUT2D eigenvalue weighted by Gasteiger charge is 2.31. The minimum Gasteiger partial charge on any atom is -0.466 e. The lowest BCUT2D eigenvalue weighted by molar-refractivity contribution is -0.144. The molecule has 6 nitrogen and oxygen atoms in total. The number of ether oxygens (including phenoxy) is 2. The number of nitrogens with one attached hydrogen (secondary N) is 2. The number of carbonyl (C=O) groups excluding carboxylic acids is 2. The zero-order valence-electron chi connectivity index (χ0n) is 12.1. The summed E-state index contributed by atoms with van der Waals surface area (Å²) in [5.41, 5.74) is -0.521. The average Bonchev–Trinajstić information content (AvgIpc) is 2.62. The van der Waals surface area contributed by atoms with Crippen LogP contribution in [0.25, 0.3) is 0 Å². The maximum Gasteiger partial charge on any atom is 0.407 e. The van der Waals surface area contributed by atoms with E-state index in [9.17, 15) is 9.59 Å². The molecule has 19 heavy (non-hydrogen) atoms. The van der Waals surface area contributed by atoms with Crippen LogP contribution in [0.2, 0.25) is 0 Å². The molecule has 1 aliphatic rings. The molecule has 1 amide bonds. The van der Waals surface area contributed by atoms with Crippen molar-refractivity contribution in [3.05, 3.63) is 0 Å². The van der Waals surface area contributed by atoms with Gasteiger partial charge in [0.15, 0.2) is 0 Å². The Labute approximate surface area is 114 Å². The van der Waals surface area contributed by atoms with Gasteiger partial charge in [-0.1, -0.05) is 0 Å². The number of esters is 1. The number of amides is 1. The third-order valence-corrected chi connectivity index (χ3v) is 2.78. The molecule has 1 heterocycles. The van der Waals surface area contributed by atoms with E-state index >= 15 is 0 Å². The largest absolute Gasteiger partial charge is 0.466 e. The summed E-state index contributed by atoms with van der Waals surface area (Å²) >= 11 is 0. The Balaban J connectivity index is 2.43. The fourth-order valence-electron chi connectivity index (χ4n) is 2.01.